The highest BCUT2D eigenvalue weighted by Crippen LogP contribution is 2.26. The zero-order valence-corrected chi connectivity index (χ0v) is 13.7. The third-order valence-corrected chi connectivity index (χ3v) is 3.73. The van der Waals surface area contributed by atoms with E-state index >= 15 is 0 Å². The molecule has 0 spiro atoms. The topological polar surface area (TPSA) is 44.5 Å². The van der Waals surface area contributed by atoms with E-state index in [1.807, 2.05) is 44.2 Å². The number of hydrogen-bond donors (Lipinski definition) is 1. The van der Waals surface area contributed by atoms with E-state index in [9.17, 15) is 4.39 Å². The molecule has 0 saturated carbocycles. The van der Waals surface area contributed by atoms with E-state index < -0.39 is 0 Å². The van der Waals surface area contributed by atoms with Crippen LogP contribution in [0.4, 0.5) is 4.39 Å². The third-order valence-electron chi connectivity index (χ3n) is 3.73. The smallest absolute Gasteiger partial charge is 0.165 e. The van der Waals surface area contributed by atoms with Crippen molar-refractivity contribution in [2.75, 3.05) is 19.8 Å². The van der Waals surface area contributed by atoms with E-state index in [2.05, 4.69) is 0 Å². The van der Waals surface area contributed by atoms with Crippen molar-refractivity contribution in [1.29, 1.82) is 0 Å². The van der Waals surface area contributed by atoms with Gasteiger partial charge in [-0.25, -0.2) is 4.39 Å². The summed E-state index contributed by atoms with van der Waals surface area (Å²) < 4.78 is 24.7. The first kappa shape index (κ1) is 17.3. The molecule has 0 aromatic heterocycles. The fourth-order valence-electron chi connectivity index (χ4n) is 2.55. The van der Waals surface area contributed by atoms with Crippen LogP contribution in [0.25, 0.3) is 0 Å². The van der Waals surface area contributed by atoms with Crippen LogP contribution in [0.2, 0.25) is 0 Å². The molecule has 0 aliphatic rings. The summed E-state index contributed by atoms with van der Waals surface area (Å²) in [5, 5.41) is 0. The molecule has 4 heteroatoms. The molecule has 0 heterocycles. The van der Waals surface area contributed by atoms with Gasteiger partial charge in [0.15, 0.2) is 11.6 Å². The van der Waals surface area contributed by atoms with Gasteiger partial charge >= 0.3 is 0 Å². The lowest BCUT2D eigenvalue weighted by atomic mass is 9.92. The van der Waals surface area contributed by atoms with Crippen molar-refractivity contribution in [3.05, 3.63) is 59.4 Å². The summed E-state index contributed by atoms with van der Waals surface area (Å²) >= 11 is 0. The second-order valence-electron chi connectivity index (χ2n) is 5.34. The van der Waals surface area contributed by atoms with Gasteiger partial charge in [-0.3, -0.25) is 0 Å². The SMILES string of the molecule is CCOc1ccc(CC(CN)c2ccc(OCC)c(F)c2)cc1. The molecule has 1 atom stereocenters. The molecule has 2 aromatic rings. The number of benzene rings is 2. The molecule has 23 heavy (non-hydrogen) atoms. The Morgan fingerprint density at radius 1 is 1.00 bits per heavy atom. The number of rotatable bonds is 8. The van der Waals surface area contributed by atoms with Crippen LogP contribution >= 0.6 is 0 Å². The van der Waals surface area contributed by atoms with Crippen LogP contribution in [-0.4, -0.2) is 19.8 Å². The van der Waals surface area contributed by atoms with Gasteiger partial charge in [0.05, 0.1) is 13.2 Å². The minimum atomic E-state index is -0.338. The van der Waals surface area contributed by atoms with Crippen LogP contribution < -0.4 is 15.2 Å². The Bertz CT molecular complexity index is 613. The summed E-state index contributed by atoms with van der Waals surface area (Å²) in [5.41, 5.74) is 7.94. The number of nitrogens with two attached hydrogens (primary N) is 1. The lowest BCUT2D eigenvalue weighted by Gasteiger charge is -2.17. The zero-order valence-electron chi connectivity index (χ0n) is 13.7. The maximum atomic E-state index is 14.0. The highest BCUT2D eigenvalue weighted by Gasteiger charge is 2.14. The molecule has 0 aliphatic carbocycles. The Balaban J connectivity index is 2.11. The van der Waals surface area contributed by atoms with Crippen LogP contribution in [-0.2, 0) is 6.42 Å². The molecule has 0 saturated heterocycles. The number of halogens is 1. The summed E-state index contributed by atoms with van der Waals surface area (Å²) in [4.78, 5) is 0. The van der Waals surface area contributed by atoms with E-state index in [0.29, 0.717) is 19.8 Å². The Kier molecular flexibility index (Phi) is 6.41. The van der Waals surface area contributed by atoms with E-state index in [-0.39, 0.29) is 17.5 Å². The van der Waals surface area contributed by atoms with Crippen LogP contribution in [0.3, 0.4) is 0 Å². The van der Waals surface area contributed by atoms with Crippen molar-refractivity contribution in [2.24, 2.45) is 5.73 Å². The van der Waals surface area contributed by atoms with Gasteiger partial charge in [0, 0.05) is 5.92 Å². The van der Waals surface area contributed by atoms with Gasteiger partial charge in [0.2, 0.25) is 0 Å². The van der Waals surface area contributed by atoms with Gasteiger partial charge in [-0.05, 0) is 62.2 Å². The van der Waals surface area contributed by atoms with E-state index in [4.69, 9.17) is 15.2 Å². The van der Waals surface area contributed by atoms with Gasteiger partial charge in [-0.15, -0.1) is 0 Å². The summed E-state index contributed by atoms with van der Waals surface area (Å²) in [6.07, 6.45) is 0.760. The summed E-state index contributed by atoms with van der Waals surface area (Å²) in [6.45, 7) is 5.35. The molecule has 0 aliphatic heterocycles. The predicted molar refractivity (Wildman–Crippen MR) is 90.7 cm³/mol. The quantitative estimate of drug-likeness (QED) is 0.803. The molecule has 2 N–H and O–H groups in total. The van der Waals surface area contributed by atoms with Gasteiger partial charge < -0.3 is 15.2 Å². The molecule has 1 unspecified atom stereocenters. The Morgan fingerprint density at radius 2 is 1.70 bits per heavy atom. The average Bonchev–Trinajstić information content (AvgIpc) is 2.56. The number of hydrogen-bond acceptors (Lipinski definition) is 3. The van der Waals surface area contributed by atoms with Crippen molar-refractivity contribution >= 4 is 0 Å². The van der Waals surface area contributed by atoms with E-state index in [0.717, 1.165) is 23.3 Å². The van der Waals surface area contributed by atoms with Gasteiger partial charge in [-0.2, -0.15) is 0 Å². The molecule has 3 nitrogen and oxygen atoms in total. The maximum absolute atomic E-state index is 14.0. The van der Waals surface area contributed by atoms with E-state index in [1.165, 1.54) is 6.07 Å². The van der Waals surface area contributed by atoms with Crippen molar-refractivity contribution in [3.63, 3.8) is 0 Å². The fraction of sp³-hybridized carbons (Fsp3) is 0.368. The molecular weight excluding hydrogens is 293 g/mol. The maximum Gasteiger partial charge on any atom is 0.165 e. The average molecular weight is 317 g/mol. The normalized spacial score (nSPS) is 12.0. The predicted octanol–water partition coefficient (Wildman–Crippen LogP) is 3.91. The van der Waals surface area contributed by atoms with Crippen molar-refractivity contribution < 1.29 is 13.9 Å². The second-order valence-corrected chi connectivity index (χ2v) is 5.34. The summed E-state index contributed by atoms with van der Waals surface area (Å²) in [5.74, 6) is 0.869. The van der Waals surface area contributed by atoms with Crippen LogP contribution in [0.1, 0.15) is 30.9 Å². The van der Waals surface area contributed by atoms with Crippen LogP contribution in [0.15, 0.2) is 42.5 Å². The van der Waals surface area contributed by atoms with E-state index in [1.54, 1.807) is 6.07 Å². The highest BCUT2D eigenvalue weighted by molar-refractivity contribution is 5.34. The first-order valence-corrected chi connectivity index (χ1v) is 8.02. The molecule has 0 bridgehead atoms. The first-order valence-electron chi connectivity index (χ1n) is 8.02. The second kappa shape index (κ2) is 8.53. The monoisotopic (exact) mass is 317 g/mol. The molecule has 124 valence electrons. The minimum Gasteiger partial charge on any atom is -0.494 e. The Morgan fingerprint density at radius 3 is 2.26 bits per heavy atom. The standard InChI is InChI=1S/C19H24FNO2/c1-3-22-17-8-5-14(6-9-17)11-16(13-21)15-7-10-19(23-4-2)18(20)12-15/h5-10,12,16H,3-4,11,13,21H2,1-2H3. The van der Waals surface area contributed by atoms with Crippen molar-refractivity contribution in [1.82, 2.24) is 0 Å². The summed E-state index contributed by atoms with van der Waals surface area (Å²) in [7, 11) is 0. The lowest BCUT2D eigenvalue weighted by Crippen LogP contribution is -2.15. The van der Waals surface area contributed by atoms with Crippen LogP contribution in [0.5, 0.6) is 11.5 Å². The van der Waals surface area contributed by atoms with Gasteiger partial charge in [-0.1, -0.05) is 18.2 Å². The molecular formula is C19H24FNO2. The molecule has 2 aromatic carbocycles. The number of ether oxygens (including phenoxy) is 2. The molecule has 0 amide bonds. The van der Waals surface area contributed by atoms with Gasteiger partial charge in [0.1, 0.15) is 5.75 Å². The largest absolute Gasteiger partial charge is 0.494 e. The molecule has 2 rings (SSSR count). The molecule has 0 fully saturated rings. The van der Waals surface area contributed by atoms with Crippen molar-refractivity contribution in [2.45, 2.75) is 26.2 Å². The first-order chi connectivity index (χ1) is 11.2. The lowest BCUT2D eigenvalue weighted by molar-refractivity contribution is 0.321. The summed E-state index contributed by atoms with van der Waals surface area (Å²) in [6, 6.07) is 13.0. The van der Waals surface area contributed by atoms with Gasteiger partial charge in [0.25, 0.3) is 0 Å². The fourth-order valence-corrected chi connectivity index (χ4v) is 2.55. The zero-order chi connectivity index (χ0) is 16.7. The highest BCUT2D eigenvalue weighted by atomic mass is 19.1. The Labute approximate surface area is 137 Å². The van der Waals surface area contributed by atoms with Crippen LogP contribution in [0, 0.1) is 5.82 Å². The van der Waals surface area contributed by atoms with Crippen molar-refractivity contribution in [3.8, 4) is 11.5 Å². The Hall–Kier alpha value is -2.07. The third kappa shape index (κ3) is 4.70. The minimum absolute atomic E-state index is 0.0677. The molecule has 0 radical (unpaired) electrons.